The van der Waals surface area contributed by atoms with Gasteiger partial charge in [0.1, 0.15) is 5.67 Å². The smallest absolute Gasteiger partial charge is 0.297 e. The van der Waals surface area contributed by atoms with E-state index in [-0.39, 0.29) is 24.8 Å². The van der Waals surface area contributed by atoms with Crippen LogP contribution in [0.15, 0.2) is 42.7 Å². The van der Waals surface area contributed by atoms with Crippen LogP contribution in [0.5, 0.6) is 0 Å². The second kappa shape index (κ2) is 7.21. The normalized spacial score (nSPS) is 16.5. The molecule has 0 saturated heterocycles. The van der Waals surface area contributed by atoms with E-state index >= 15 is 0 Å². The number of aromatic nitrogens is 2. The third-order valence-corrected chi connectivity index (χ3v) is 4.31. The van der Waals surface area contributed by atoms with E-state index in [4.69, 9.17) is 0 Å². The number of amides is 1. The predicted octanol–water partition coefficient (Wildman–Crippen LogP) is 3.82. The number of carbonyl (C=O) groups is 1. The van der Waals surface area contributed by atoms with E-state index in [0.717, 1.165) is 0 Å². The van der Waals surface area contributed by atoms with Crippen LogP contribution in [0.4, 0.5) is 13.2 Å². The fourth-order valence-corrected chi connectivity index (χ4v) is 2.67. The summed E-state index contributed by atoms with van der Waals surface area (Å²) in [7, 11) is 0. The Balaban J connectivity index is 1.70. The molecule has 4 nitrogen and oxygen atoms in total. The summed E-state index contributed by atoms with van der Waals surface area (Å²) in [6, 6.07) is 8.68. The van der Waals surface area contributed by atoms with Crippen LogP contribution in [-0.2, 0) is 0 Å². The Morgan fingerprint density at radius 1 is 1.16 bits per heavy atom. The molecule has 1 N–H and O–H groups in total. The minimum Gasteiger partial charge on any atom is -0.351 e. The minimum atomic E-state index is -2.75. The lowest BCUT2D eigenvalue weighted by molar-refractivity contribution is 0.0948. The van der Waals surface area contributed by atoms with Crippen molar-refractivity contribution in [1.82, 2.24) is 15.3 Å². The average molecular weight is 349 g/mol. The number of rotatable bonds is 7. The summed E-state index contributed by atoms with van der Waals surface area (Å²) >= 11 is 0. The van der Waals surface area contributed by atoms with Gasteiger partial charge in [-0.1, -0.05) is 18.2 Å². The summed E-state index contributed by atoms with van der Waals surface area (Å²) in [6.45, 7) is 0.191. The summed E-state index contributed by atoms with van der Waals surface area (Å²) in [5.41, 5.74) is -0.197. The molecule has 3 rings (SSSR count). The van der Waals surface area contributed by atoms with Crippen LogP contribution in [0.1, 0.15) is 53.4 Å². The Bertz CT molecular complexity index is 718. The van der Waals surface area contributed by atoms with E-state index in [9.17, 15) is 18.0 Å². The lowest BCUT2D eigenvalue weighted by Gasteiger charge is -2.19. The lowest BCUT2D eigenvalue weighted by Crippen LogP contribution is -2.30. The third-order valence-electron chi connectivity index (χ3n) is 4.31. The van der Waals surface area contributed by atoms with Gasteiger partial charge in [0.25, 0.3) is 12.3 Å². The molecule has 1 aromatic carbocycles. The highest BCUT2D eigenvalue weighted by atomic mass is 19.3. The number of benzene rings is 1. The highest BCUT2D eigenvalue weighted by molar-refractivity contribution is 5.94. The molecule has 1 heterocycles. The number of carbonyl (C=O) groups excluding carboxylic acids is 1. The first-order valence-corrected chi connectivity index (χ1v) is 8.09. The van der Waals surface area contributed by atoms with Crippen LogP contribution in [0, 0.1) is 0 Å². The van der Waals surface area contributed by atoms with Crippen molar-refractivity contribution in [3.8, 4) is 0 Å². The SMILES string of the molecule is O=C(NCC(CC1(F)CC1)c1cnc(C(F)F)nc1)c1ccccc1. The van der Waals surface area contributed by atoms with E-state index in [1.807, 2.05) is 0 Å². The van der Waals surface area contributed by atoms with E-state index in [0.29, 0.717) is 24.0 Å². The molecule has 1 aromatic heterocycles. The summed E-state index contributed by atoms with van der Waals surface area (Å²) in [4.78, 5) is 19.4. The molecule has 1 aliphatic carbocycles. The maximum absolute atomic E-state index is 14.2. The predicted molar refractivity (Wildman–Crippen MR) is 86.2 cm³/mol. The number of nitrogens with zero attached hydrogens (tertiary/aromatic N) is 2. The molecular weight excluding hydrogens is 331 g/mol. The average Bonchev–Trinajstić information content (AvgIpc) is 3.36. The van der Waals surface area contributed by atoms with Gasteiger partial charge in [-0.25, -0.2) is 23.1 Å². The van der Waals surface area contributed by atoms with Crippen LogP contribution < -0.4 is 5.32 Å². The van der Waals surface area contributed by atoms with Crippen molar-refractivity contribution < 1.29 is 18.0 Å². The quantitative estimate of drug-likeness (QED) is 0.827. The number of alkyl halides is 3. The molecule has 2 aromatic rings. The Labute approximate surface area is 143 Å². The Morgan fingerprint density at radius 3 is 2.36 bits per heavy atom. The fraction of sp³-hybridized carbons (Fsp3) is 0.389. The van der Waals surface area contributed by atoms with Gasteiger partial charge in [0.15, 0.2) is 5.82 Å². The standard InChI is InChI=1S/C18H18F3N3O/c19-15(20)16-22-10-14(11-23-16)13(8-18(21)6-7-18)9-24-17(25)12-4-2-1-3-5-12/h1-5,10-11,13,15H,6-9H2,(H,24,25). The molecule has 1 saturated carbocycles. The second-order valence-electron chi connectivity index (χ2n) is 6.30. The highest BCUT2D eigenvalue weighted by Crippen LogP contribution is 2.46. The number of halogens is 3. The summed E-state index contributed by atoms with van der Waals surface area (Å²) < 4.78 is 39.4. The Kier molecular flexibility index (Phi) is 5.01. The lowest BCUT2D eigenvalue weighted by atomic mass is 9.94. The van der Waals surface area contributed by atoms with Gasteiger partial charge in [0, 0.05) is 30.4 Å². The second-order valence-corrected chi connectivity index (χ2v) is 6.30. The van der Waals surface area contributed by atoms with Crippen molar-refractivity contribution in [3.63, 3.8) is 0 Å². The molecular formula is C18H18F3N3O. The number of hydrogen-bond acceptors (Lipinski definition) is 3. The van der Waals surface area contributed by atoms with Crippen LogP contribution in [0.2, 0.25) is 0 Å². The molecule has 0 spiro atoms. The molecule has 0 bridgehead atoms. The largest absolute Gasteiger partial charge is 0.351 e. The van der Waals surface area contributed by atoms with Crippen molar-refractivity contribution >= 4 is 5.91 Å². The van der Waals surface area contributed by atoms with Crippen LogP contribution >= 0.6 is 0 Å². The summed E-state index contributed by atoms with van der Waals surface area (Å²) in [6.07, 6.45) is 0.998. The monoisotopic (exact) mass is 349 g/mol. The van der Waals surface area contributed by atoms with E-state index in [2.05, 4.69) is 15.3 Å². The topological polar surface area (TPSA) is 54.9 Å². The number of hydrogen-bond donors (Lipinski definition) is 1. The van der Waals surface area contributed by atoms with Gasteiger partial charge in [-0.05, 0) is 37.0 Å². The molecule has 1 aliphatic rings. The minimum absolute atomic E-state index is 0.191. The van der Waals surface area contributed by atoms with Crippen molar-refractivity contribution in [2.24, 2.45) is 0 Å². The maximum atomic E-state index is 14.2. The zero-order chi connectivity index (χ0) is 17.9. The maximum Gasteiger partial charge on any atom is 0.297 e. The molecule has 25 heavy (non-hydrogen) atoms. The third kappa shape index (κ3) is 4.55. The number of nitrogens with one attached hydrogen (secondary N) is 1. The molecule has 0 radical (unpaired) electrons. The van der Waals surface area contributed by atoms with Gasteiger partial charge in [0.2, 0.25) is 0 Å². The first kappa shape index (κ1) is 17.4. The highest BCUT2D eigenvalue weighted by Gasteiger charge is 2.45. The van der Waals surface area contributed by atoms with Crippen molar-refractivity contribution in [2.75, 3.05) is 6.54 Å². The molecule has 1 unspecified atom stereocenters. The zero-order valence-electron chi connectivity index (χ0n) is 13.5. The summed E-state index contributed by atoms with van der Waals surface area (Å²) in [5, 5.41) is 2.78. The van der Waals surface area contributed by atoms with Crippen molar-refractivity contribution in [1.29, 1.82) is 0 Å². The molecule has 1 amide bonds. The van der Waals surface area contributed by atoms with Crippen molar-refractivity contribution in [3.05, 3.63) is 59.7 Å². The van der Waals surface area contributed by atoms with Gasteiger partial charge in [-0.3, -0.25) is 4.79 Å². The van der Waals surface area contributed by atoms with Gasteiger partial charge < -0.3 is 5.32 Å². The molecule has 0 aliphatic heterocycles. The van der Waals surface area contributed by atoms with Crippen LogP contribution in [-0.4, -0.2) is 28.1 Å². The zero-order valence-corrected chi connectivity index (χ0v) is 13.5. The first-order chi connectivity index (χ1) is 12.0. The molecule has 7 heteroatoms. The van der Waals surface area contributed by atoms with Crippen LogP contribution in [0.3, 0.4) is 0 Å². The first-order valence-electron chi connectivity index (χ1n) is 8.09. The molecule has 1 fully saturated rings. The van der Waals surface area contributed by atoms with Gasteiger partial charge in [-0.2, -0.15) is 0 Å². The molecule has 1 atom stereocenters. The van der Waals surface area contributed by atoms with Crippen LogP contribution in [0.25, 0.3) is 0 Å². The van der Waals surface area contributed by atoms with Gasteiger partial charge in [-0.15, -0.1) is 0 Å². The van der Waals surface area contributed by atoms with Gasteiger partial charge >= 0.3 is 0 Å². The Hall–Kier alpha value is -2.44. The van der Waals surface area contributed by atoms with E-state index in [1.165, 1.54) is 12.4 Å². The van der Waals surface area contributed by atoms with E-state index in [1.54, 1.807) is 30.3 Å². The van der Waals surface area contributed by atoms with E-state index < -0.39 is 17.9 Å². The van der Waals surface area contributed by atoms with Gasteiger partial charge in [0.05, 0.1) is 0 Å². The molecule has 132 valence electrons. The van der Waals surface area contributed by atoms with Crippen molar-refractivity contribution in [2.45, 2.75) is 37.3 Å². The fourth-order valence-electron chi connectivity index (χ4n) is 2.67. The summed E-state index contributed by atoms with van der Waals surface area (Å²) in [5.74, 6) is -1.19. The Morgan fingerprint density at radius 2 is 1.80 bits per heavy atom.